The number of nitrogens with one attached hydrogen (secondary N) is 1. The van der Waals surface area contributed by atoms with E-state index in [1.54, 1.807) is 7.11 Å². The van der Waals surface area contributed by atoms with E-state index in [-0.39, 0.29) is 5.91 Å². The molecule has 0 fully saturated rings. The van der Waals surface area contributed by atoms with Crippen molar-refractivity contribution in [2.45, 2.75) is 19.3 Å². The molecule has 1 aromatic rings. The molecule has 20 heavy (non-hydrogen) atoms. The fraction of sp³-hybridized carbons (Fsp3) is 0.533. The fourth-order valence-corrected chi connectivity index (χ4v) is 2.04. The SMILES string of the molecule is COCCCCNC(=O)Cc1ccc2c(c1)OCCO2. The lowest BCUT2D eigenvalue weighted by Crippen LogP contribution is -2.26. The number of ether oxygens (including phenoxy) is 3. The van der Waals surface area contributed by atoms with Gasteiger partial charge in [0.25, 0.3) is 0 Å². The van der Waals surface area contributed by atoms with Gasteiger partial charge >= 0.3 is 0 Å². The van der Waals surface area contributed by atoms with Gasteiger partial charge in [0.15, 0.2) is 11.5 Å². The molecule has 110 valence electrons. The van der Waals surface area contributed by atoms with Crippen molar-refractivity contribution in [2.24, 2.45) is 0 Å². The predicted molar refractivity (Wildman–Crippen MR) is 75.3 cm³/mol. The van der Waals surface area contributed by atoms with Crippen molar-refractivity contribution in [3.05, 3.63) is 23.8 Å². The molecule has 1 aliphatic rings. The van der Waals surface area contributed by atoms with Crippen molar-refractivity contribution >= 4 is 5.91 Å². The fourth-order valence-electron chi connectivity index (χ4n) is 2.04. The minimum atomic E-state index is 0.0269. The number of amides is 1. The second kappa shape index (κ2) is 7.75. The molecule has 2 rings (SSSR count). The second-order valence-electron chi connectivity index (χ2n) is 4.70. The Morgan fingerprint density at radius 1 is 1.25 bits per heavy atom. The highest BCUT2D eigenvalue weighted by Gasteiger charge is 2.12. The molecule has 1 heterocycles. The maximum Gasteiger partial charge on any atom is 0.224 e. The zero-order chi connectivity index (χ0) is 14.2. The van der Waals surface area contributed by atoms with E-state index in [0.717, 1.165) is 36.5 Å². The van der Waals surface area contributed by atoms with Crippen LogP contribution in [0.25, 0.3) is 0 Å². The minimum Gasteiger partial charge on any atom is -0.486 e. The molecule has 0 unspecified atom stereocenters. The van der Waals surface area contributed by atoms with Gasteiger partial charge in [-0.15, -0.1) is 0 Å². The first-order chi connectivity index (χ1) is 9.79. The molecule has 1 amide bonds. The van der Waals surface area contributed by atoms with E-state index in [9.17, 15) is 4.79 Å². The molecule has 0 radical (unpaired) electrons. The molecule has 0 bridgehead atoms. The number of hydrogen-bond acceptors (Lipinski definition) is 4. The van der Waals surface area contributed by atoms with Gasteiger partial charge in [-0.25, -0.2) is 0 Å². The van der Waals surface area contributed by atoms with E-state index in [1.807, 2.05) is 18.2 Å². The Hall–Kier alpha value is -1.75. The van der Waals surface area contributed by atoms with Gasteiger partial charge in [-0.3, -0.25) is 4.79 Å². The van der Waals surface area contributed by atoms with Gasteiger partial charge < -0.3 is 19.5 Å². The summed E-state index contributed by atoms with van der Waals surface area (Å²) in [6, 6.07) is 5.63. The normalized spacial score (nSPS) is 13.1. The van der Waals surface area contributed by atoms with Gasteiger partial charge in [0, 0.05) is 20.3 Å². The van der Waals surface area contributed by atoms with Crippen LogP contribution < -0.4 is 14.8 Å². The zero-order valence-electron chi connectivity index (χ0n) is 11.8. The van der Waals surface area contributed by atoms with Crippen molar-refractivity contribution in [1.82, 2.24) is 5.32 Å². The molecular weight excluding hydrogens is 258 g/mol. The predicted octanol–water partition coefficient (Wildman–Crippen LogP) is 1.54. The summed E-state index contributed by atoms with van der Waals surface area (Å²) < 4.78 is 15.9. The summed E-state index contributed by atoms with van der Waals surface area (Å²) in [5.41, 5.74) is 0.934. The number of carbonyl (C=O) groups is 1. The van der Waals surface area contributed by atoms with Gasteiger partial charge in [0.1, 0.15) is 13.2 Å². The quantitative estimate of drug-likeness (QED) is 0.769. The largest absolute Gasteiger partial charge is 0.486 e. The van der Waals surface area contributed by atoms with E-state index in [1.165, 1.54) is 0 Å². The van der Waals surface area contributed by atoms with Gasteiger partial charge in [-0.1, -0.05) is 6.07 Å². The van der Waals surface area contributed by atoms with Crippen molar-refractivity contribution in [3.63, 3.8) is 0 Å². The summed E-state index contributed by atoms with van der Waals surface area (Å²) in [5, 5.41) is 2.90. The van der Waals surface area contributed by atoms with E-state index >= 15 is 0 Å². The molecule has 5 nitrogen and oxygen atoms in total. The van der Waals surface area contributed by atoms with Crippen LogP contribution in [-0.4, -0.2) is 39.4 Å². The minimum absolute atomic E-state index is 0.0269. The topological polar surface area (TPSA) is 56.8 Å². The first-order valence-corrected chi connectivity index (χ1v) is 6.94. The summed E-state index contributed by atoms with van der Waals surface area (Å²) in [4.78, 5) is 11.8. The number of methoxy groups -OCH3 is 1. The Balaban J connectivity index is 1.76. The number of rotatable bonds is 7. The zero-order valence-corrected chi connectivity index (χ0v) is 11.8. The number of fused-ring (bicyclic) bond motifs is 1. The Kier molecular flexibility index (Phi) is 5.68. The lowest BCUT2D eigenvalue weighted by Gasteiger charge is -2.18. The molecule has 0 atom stereocenters. The Labute approximate surface area is 119 Å². The van der Waals surface area contributed by atoms with E-state index in [0.29, 0.717) is 26.2 Å². The summed E-state index contributed by atoms with van der Waals surface area (Å²) in [7, 11) is 1.68. The maximum absolute atomic E-state index is 11.8. The molecule has 0 aromatic heterocycles. The summed E-state index contributed by atoms with van der Waals surface area (Å²) in [6.45, 7) is 2.56. The van der Waals surface area contributed by atoms with Crippen molar-refractivity contribution in [2.75, 3.05) is 33.5 Å². The van der Waals surface area contributed by atoms with Crippen LogP contribution in [0.5, 0.6) is 11.5 Å². The lowest BCUT2D eigenvalue weighted by atomic mass is 10.1. The average molecular weight is 279 g/mol. The van der Waals surface area contributed by atoms with Gasteiger partial charge in [0.05, 0.1) is 6.42 Å². The van der Waals surface area contributed by atoms with Crippen LogP contribution in [0.3, 0.4) is 0 Å². The molecular formula is C15H21NO4. The van der Waals surface area contributed by atoms with Crippen LogP contribution in [0.2, 0.25) is 0 Å². The molecule has 0 saturated carbocycles. The van der Waals surface area contributed by atoms with Crippen LogP contribution in [0.1, 0.15) is 18.4 Å². The first-order valence-electron chi connectivity index (χ1n) is 6.94. The molecule has 5 heteroatoms. The van der Waals surface area contributed by atoms with Gasteiger partial charge in [-0.2, -0.15) is 0 Å². The van der Waals surface area contributed by atoms with Crippen LogP contribution >= 0.6 is 0 Å². The second-order valence-corrected chi connectivity index (χ2v) is 4.70. The number of carbonyl (C=O) groups excluding carboxylic acids is 1. The Morgan fingerprint density at radius 2 is 2.05 bits per heavy atom. The third kappa shape index (κ3) is 4.42. The molecule has 1 aliphatic heterocycles. The first kappa shape index (κ1) is 14.7. The summed E-state index contributed by atoms with van der Waals surface area (Å²) in [6.07, 6.45) is 2.25. The summed E-state index contributed by atoms with van der Waals surface area (Å²) in [5.74, 6) is 1.50. The van der Waals surface area contributed by atoms with Gasteiger partial charge in [-0.05, 0) is 30.5 Å². The van der Waals surface area contributed by atoms with E-state index in [4.69, 9.17) is 14.2 Å². The van der Waals surface area contributed by atoms with E-state index < -0.39 is 0 Å². The van der Waals surface area contributed by atoms with E-state index in [2.05, 4.69) is 5.32 Å². The van der Waals surface area contributed by atoms with Crippen LogP contribution in [0.15, 0.2) is 18.2 Å². The monoisotopic (exact) mass is 279 g/mol. The van der Waals surface area contributed by atoms with Crippen LogP contribution in [0, 0.1) is 0 Å². The lowest BCUT2D eigenvalue weighted by molar-refractivity contribution is -0.120. The third-order valence-corrected chi connectivity index (χ3v) is 3.07. The molecule has 0 aliphatic carbocycles. The highest BCUT2D eigenvalue weighted by molar-refractivity contribution is 5.78. The smallest absolute Gasteiger partial charge is 0.224 e. The maximum atomic E-state index is 11.8. The number of unbranched alkanes of at least 4 members (excludes halogenated alkanes) is 1. The number of benzene rings is 1. The van der Waals surface area contributed by atoms with Crippen molar-refractivity contribution in [3.8, 4) is 11.5 Å². The van der Waals surface area contributed by atoms with Crippen molar-refractivity contribution in [1.29, 1.82) is 0 Å². The summed E-state index contributed by atoms with van der Waals surface area (Å²) >= 11 is 0. The standard InChI is InChI=1S/C15H21NO4/c1-18-7-3-2-6-16-15(17)11-12-4-5-13-14(10-12)20-9-8-19-13/h4-5,10H,2-3,6-9,11H2,1H3,(H,16,17). The van der Waals surface area contributed by atoms with Crippen molar-refractivity contribution < 1.29 is 19.0 Å². The third-order valence-electron chi connectivity index (χ3n) is 3.07. The van der Waals surface area contributed by atoms with Crippen LogP contribution in [0.4, 0.5) is 0 Å². The Bertz CT molecular complexity index is 447. The molecule has 0 spiro atoms. The van der Waals surface area contributed by atoms with Crippen LogP contribution in [-0.2, 0) is 16.0 Å². The number of hydrogen-bond donors (Lipinski definition) is 1. The highest BCUT2D eigenvalue weighted by atomic mass is 16.6. The molecule has 1 N–H and O–H groups in total. The van der Waals surface area contributed by atoms with Gasteiger partial charge in [0.2, 0.25) is 5.91 Å². The average Bonchev–Trinajstić information content (AvgIpc) is 2.47. The molecule has 0 saturated heterocycles. The molecule has 1 aromatic carbocycles. The Morgan fingerprint density at radius 3 is 2.85 bits per heavy atom. The highest BCUT2D eigenvalue weighted by Crippen LogP contribution is 2.30.